The lowest BCUT2D eigenvalue weighted by Crippen LogP contribution is -1.99. The summed E-state index contributed by atoms with van der Waals surface area (Å²) >= 11 is 6.07. The Morgan fingerprint density at radius 3 is 3.00 bits per heavy atom. The van der Waals surface area contributed by atoms with Crippen molar-refractivity contribution in [2.75, 3.05) is 11.9 Å². The van der Waals surface area contributed by atoms with E-state index in [1.807, 2.05) is 12.3 Å². The zero-order valence-corrected chi connectivity index (χ0v) is 9.38. The van der Waals surface area contributed by atoms with Gasteiger partial charge in [-0.2, -0.15) is 0 Å². The molecule has 0 fully saturated rings. The summed E-state index contributed by atoms with van der Waals surface area (Å²) in [5, 5.41) is 6.16. The monoisotopic (exact) mass is 220 g/mol. The number of hydrogen-bond acceptors (Lipinski definition) is 2. The molecule has 1 aromatic heterocycles. The lowest BCUT2D eigenvalue weighted by Gasteiger charge is -2.06. The van der Waals surface area contributed by atoms with Crippen molar-refractivity contribution in [3.63, 3.8) is 0 Å². The number of pyridine rings is 1. The first-order chi connectivity index (χ1) is 7.31. The van der Waals surface area contributed by atoms with Crippen LogP contribution in [-0.4, -0.2) is 11.5 Å². The molecule has 0 saturated heterocycles. The summed E-state index contributed by atoms with van der Waals surface area (Å²) in [6.45, 7) is 3.12. The molecule has 0 spiro atoms. The average molecular weight is 221 g/mol. The highest BCUT2D eigenvalue weighted by molar-refractivity contribution is 6.35. The summed E-state index contributed by atoms with van der Waals surface area (Å²) in [4.78, 5) is 4.05. The van der Waals surface area contributed by atoms with Crippen LogP contribution in [0.3, 0.4) is 0 Å². The highest BCUT2D eigenvalue weighted by atomic mass is 35.5. The number of hydrogen-bond donors (Lipinski definition) is 1. The van der Waals surface area contributed by atoms with Crippen LogP contribution in [0.2, 0.25) is 5.02 Å². The van der Waals surface area contributed by atoms with Crippen molar-refractivity contribution < 1.29 is 0 Å². The van der Waals surface area contributed by atoms with E-state index in [4.69, 9.17) is 11.6 Å². The Balaban J connectivity index is 2.41. The van der Waals surface area contributed by atoms with Crippen molar-refractivity contribution in [2.24, 2.45) is 0 Å². The maximum atomic E-state index is 6.07. The molecule has 0 unspecified atom stereocenters. The minimum absolute atomic E-state index is 0.702. The molecule has 2 rings (SSSR count). The van der Waals surface area contributed by atoms with E-state index in [9.17, 15) is 0 Å². The third kappa shape index (κ3) is 2.21. The summed E-state index contributed by atoms with van der Waals surface area (Å²) in [7, 11) is 0. The summed E-state index contributed by atoms with van der Waals surface area (Å²) in [5.74, 6) is 0. The molecule has 1 aromatic carbocycles. The molecule has 0 aliphatic rings. The standard InChI is InChI=1S/C12H13ClN2/c1-2-5-15-10-4-3-9-7-14-8-12(13)11(9)6-10/h3-4,6-8,15H,2,5H2,1H3. The van der Waals surface area contributed by atoms with Gasteiger partial charge in [-0.15, -0.1) is 0 Å². The fourth-order valence-electron chi connectivity index (χ4n) is 1.51. The number of rotatable bonds is 3. The first-order valence-electron chi connectivity index (χ1n) is 5.08. The molecule has 78 valence electrons. The van der Waals surface area contributed by atoms with Crippen LogP contribution in [0.4, 0.5) is 5.69 Å². The number of aromatic nitrogens is 1. The van der Waals surface area contributed by atoms with Crippen LogP contribution in [0, 0.1) is 0 Å². The van der Waals surface area contributed by atoms with Crippen molar-refractivity contribution in [3.8, 4) is 0 Å². The Morgan fingerprint density at radius 1 is 1.33 bits per heavy atom. The van der Waals surface area contributed by atoms with E-state index in [-0.39, 0.29) is 0 Å². The Morgan fingerprint density at radius 2 is 2.20 bits per heavy atom. The molecule has 3 heteroatoms. The van der Waals surface area contributed by atoms with Gasteiger partial charge in [0.05, 0.1) is 5.02 Å². The number of fused-ring (bicyclic) bond motifs is 1. The molecule has 0 atom stereocenters. The van der Waals surface area contributed by atoms with Crippen molar-refractivity contribution in [2.45, 2.75) is 13.3 Å². The van der Waals surface area contributed by atoms with E-state index in [1.54, 1.807) is 6.20 Å². The molecule has 0 radical (unpaired) electrons. The van der Waals surface area contributed by atoms with Crippen molar-refractivity contribution in [1.29, 1.82) is 0 Å². The second-order valence-corrected chi connectivity index (χ2v) is 3.89. The van der Waals surface area contributed by atoms with E-state index >= 15 is 0 Å². The van der Waals surface area contributed by atoms with Gasteiger partial charge in [0.15, 0.2) is 0 Å². The summed E-state index contributed by atoms with van der Waals surface area (Å²) in [6.07, 6.45) is 4.61. The number of benzene rings is 1. The molecule has 15 heavy (non-hydrogen) atoms. The number of anilines is 1. The molecule has 0 saturated carbocycles. The van der Waals surface area contributed by atoms with E-state index in [0.717, 1.165) is 29.4 Å². The van der Waals surface area contributed by atoms with Gasteiger partial charge in [0.2, 0.25) is 0 Å². The Hall–Kier alpha value is -1.28. The van der Waals surface area contributed by atoms with Crippen LogP contribution in [0.5, 0.6) is 0 Å². The second-order valence-electron chi connectivity index (χ2n) is 3.48. The number of nitrogens with zero attached hydrogens (tertiary/aromatic N) is 1. The fourth-order valence-corrected chi connectivity index (χ4v) is 1.73. The predicted octanol–water partition coefficient (Wildman–Crippen LogP) is 3.71. The molecule has 0 aliphatic carbocycles. The zero-order chi connectivity index (χ0) is 10.7. The van der Waals surface area contributed by atoms with Crippen LogP contribution in [0.1, 0.15) is 13.3 Å². The minimum Gasteiger partial charge on any atom is -0.385 e. The van der Waals surface area contributed by atoms with Gasteiger partial charge < -0.3 is 5.32 Å². The molecule has 0 bridgehead atoms. The molecular weight excluding hydrogens is 208 g/mol. The van der Waals surface area contributed by atoms with Gasteiger partial charge in [-0.1, -0.05) is 24.6 Å². The predicted molar refractivity (Wildman–Crippen MR) is 65.5 cm³/mol. The molecule has 0 aliphatic heterocycles. The van der Waals surface area contributed by atoms with Gasteiger partial charge >= 0.3 is 0 Å². The molecule has 2 nitrogen and oxygen atoms in total. The lowest BCUT2D eigenvalue weighted by molar-refractivity contribution is 0.980. The SMILES string of the molecule is CCCNc1ccc2cncc(Cl)c2c1. The molecular formula is C12H13ClN2. The van der Waals surface area contributed by atoms with E-state index < -0.39 is 0 Å². The lowest BCUT2D eigenvalue weighted by atomic mass is 10.1. The van der Waals surface area contributed by atoms with Crippen LogP contribution in [0.15, 0.2) is 30.6 Å². The maximum Gasteiger partial charge on any atom is 0.0668 e. The van der Waals surface area contributed by atoms with Crippen LogP contribution in [-0.2, 0) is 0 Å². The Kier molecular flexibility index (Phi) is 3.07. The van der Waals surface area contributed by atoms with Crippen molar-refractivity contribution >= 4 is 28.1 Å². The molecule has 0 amide bonds. The van der Waals surface area contributed by atoms with Gasteiger partial charge in [-0.3, -0.25) is 4.98 Å². The number of nitrogens with one attached hydrogen (secondary N) is 1. The smallest absolute Gasteiger partial charge is 0.0668 e. The van der Waals surface area contributed by atoms with Crippen LogP contribution < -0.4 is 5.32 Å². The summed E-state index contributed by atoms with van der Waals surface area (Å²) in [6, 6.07) is 6.15. The first-order valence-corrected chi connectivity index (χ1v) is 5.46. The normalized spacial score (nSPS) is 10.5. The van der Waals surface area contributed by atoms with E-state index in [2.05, 4.69) is 29.4 Å². The fraction of sp³-hybridized carbons (Fsp3) is 0.250. The van der Waals surface area contributed by atoms with Gasteiger partial charge in [0.25, 0.3) is 0 Å². The van der Waals surface area contributed by atoms with E-state index in [0.29, 0.717) is 5.02 Å². The van der Waals surface area contributed by atoms with Gasteiger partial charge in [-0.25, -0.2) is 0 Å². The third-order valence-electron chi connectivity index (χ3n) is 2.29. The molecule has 1 N–H and O–H groups in total. The molecule has 2 aromatic rings. The van der Waals surface area contributed by atoms with E-state index in [1.165, 1.54) is 0 Å². The van der Waals surface area contributed by atoms with Gasteiger partial charge in [0.1, 0.15) is 0 Å². The van der Waals surface area contributed by atoms with Gasteiger partial charge in [-0.05, 0) is 18.6 Å². The second kappa shape index (κ2) is 4.49. The average Bonchev–Trinajstić information content (AvgIpc) is 2.27. The number of halogens is 1. The van der Waals surface area contributed by atoms with Gasteiger partial charge in [0, 0.05) is 35.4 Å². The highest BCUT2D eigenvalue weighted by Crippen LogP contribution is 2.24. The van der Waals surface area contributed by atoms with Crippen LogP contribution >= 0.6 is 11.6 Å². The molecule has 1 heterocycles. The first kappa shape index (κ1) is 10.2. The third-order valence-corrected chi connectivity index (χ3v) is 2.59. The summed E-state index contributed by atoms with van der Waals surface area (Å²) < 4.78 is 0. The topological polar surface area (TPSA) is 24.9 Å². The Labute approximate surface area is 94.3 Å². The highest BCUT2D eigenvalue weighted by Gasteiger charge is 2.00. The zero-order valence-electron chi connectivity index (χ0n) is 8.63. The Bertz CT molecular complexity index is 468. The van der Waals surface area contributed by atoms with Crippen LogP contribution in [0.25, 0.3) is 10.8 Å². The summed E-state index contributed by atoms with van der Waals surface area (Å²) in [5.41, 5.74) is 1.11. The largest absolute Gasteiger partial charge is 0.385 e. The minimum atomic E-state index is 0.702. The maximum absolute atomic E-state index is 6.07. The quantitative estimate of drug-likeness (QED) is 0.853. The van der Waals surface area contributed by atoms with Crippen molar-refractivity contribution in [1.82, 2.24) is 4.98 Å². The van der Waals surface area contributed by atoms with Crippen molar-refractivity contribution in [3.05, 3.63) is 35.6 Å².